The van der Waals surface area contributed by atoms with Crippen LogP contribution < -0.4 is 4.74 Å². The molecule has 4 rings (SSSR count). The van der Waals surface area contributed by atoms with Crippen molar-refractivity contribution in [1.29, 1.82) is 0 Å². The Morgan fingerprint density at radius 2 is 1.75 bits per heavy atom. The van der Waals surface area contributed by atoms with Gasteiger partial charge in [0.05, 0.1) is 5.52 Å². The molecule has 1 saturated heterocycles. The molecular formula is C22H22FN3O2. The van der Waals surface area contributed by atoms with Crippen LogP contribution in [0.5, 0.6) is 5.75 Å². The Morgan fingerprint density at radius 1 is 1.00 bits per heavy atom. The second kappa shape index (κ2) is 8.35. The van der Waals surface area contributed by atoms with E-state index in [9.17, 15) is 9.18 Å². The number of benzene rings is 2. The molecule has 1 amide bonds. The summed E-state index contributed by atoms with van der Waals surface area (Å²) in [5, 5.41) is 1.15. The van der Waals surface area contributed by atoms with Crippen LogP contribution in [-0.2, 0) is 11.3 Å². The number of nitrogens with zero attached hydrogens (tertiary/aromatic N) is 3. The number of hydrogen-bond acceptors (Lipinski definition) is 4. The number of hydrogen-bond donors (Lipinski definition) is 0. The first-order valence-corrected chi connectivity index (χ1v) is 9.40. The quantitative estimate of drug-likeness (QED) is 0.683. The van der Waals surface area contributed by atoms with Crippen molar-refractivity contribution in [2.24, 2.45) is 0 Å². The summed E-state index contributed by atoms with van der Waals surface area (Å²) in [5.41, 5.74) is 2.24. The van der Waals surface area contributed by atoms with Crippen LogP contribution in [0.3, 0.4) is 0 Å². The van der Waals surface area contributed by atoms with E-state index in [1.165, 1.54) is 29.8 Å². The molecule has 5 nitrogen and oxygen atoms in total. The molecule has 0 bridgehead atoms. The van der Waals surface area contributed by atoms with Gasteiger partial charge < -0.3 is 9.64 Å². The monoisotopic (exact) mass is 379 g/mol. The predicted octanol–water partition coefficient (Wildman–Crippen LogP) is 3.10. The van der Waals surface area contributed by atoms with Crippen LogP contribution in [0.1, 0.15) is 5.56 Å². The Morgan fingerprint density at radius 3 is 2.54 bits per heavy atom. The molecule has 2 aromatic carbocycles. The first-order chi connectivity index (χ1) is 13.7. The van der Waals surface area contributed by atoms with Gasteiger partial charge in [0.15, 0.2) is 6.61 Å². The zero-order valence-corrected chi connectivity index (χ0v) is 15.6. The number of carbonyl (C=O) groups excluding carboxylic acids is 1. The Bertz CT molecular complexity index is 948. The Labute approximate surface area is 163 Å². The van der Waals surface area contributed by atoms with Gasteiger partial charge in [-0.05, 0) is 35.9 Å². The summed E-state index contributed by atoms with van der Waals surface area (Å²) in [4.78, 5) is 21.1. The van der Waals surface area contributed by atoms with Gasteiger partial charge in [0, 0.05) is 44.3 Å². The van der Waals surface area contributed by atoms with E-state index in [1.807, 2.05) is 17.2 Å². The maximum absolute atomic E-state index is 12.9. The lowest BCUT2D eigenvalue weighted by Gasteiger charge is -2.34. The summed E-state index contributed by atoms with van der Waals surface area (Å²) in [6.07, 6.45) is 1.82. The fourth-order valence-electron chi connectivity index (χ4n) is 3.46. The first kappa shape index (κ1) is 18.4. The zero-order valence-electron chi connectivity index (χ0n) is 15.6. The topological polar surface area (TPSA) is 45.7 Å². The number of carbonyl (C=O) groups is 1. The molecule has 144 valence electrons. The predicted molar refractivity (Wildman–Crippen MR) is 105 cm³/mol. The van der Waals surface area contributed by atoms with Gasteiger partial charge in [-0.3, -0.25) is 14.7 Å². The number of rotatable bonds is 5. The van der Waals surface area contributed by atoms with Crippen LogP contribution in [0.25, 0.3) is 10.9 Å². The van der Waals surface area contributed by atoms with Gasteiger partial charge in [0.1, 0.15) is 11.6 Å². The van der Waals surface area contributed by atoms with E-state index in [4.69, 9.17) is 4.74 Å². The number of aromatic nitrogens is 1. The van der Waals surface area contributed by atoms with Crippen LogP contribution in [0, 0.1) is 5.82 Å². The van der Waals surface area contributed by atoms with Crippen molar-refractivity contribution in [3.8, 4) is 5.75 Å². The molecule has 3 aromatic rings. The van der Waals surface area contributed by atoms with Crippen molar-refractivity contribution in [1.82, 2.24) is 14.8 Å². The molecule has 6 heteroatoms. The van der Waals surface area contributed by atoms with Crippen molar-refractivity contribution in [3.63, 3.8) is 0 Å². The van der Waals surface area contributed by atoms with Crippen molar-refractivity contribution in [2.75, 3.05) is 32.8 Å². The van der Waals surface area contributed by atoms with E-state index >= 15 is 0 Å². The number of para-hydroxylation sites is 1. The summed E-state index contributed by atoms with van der Waals surface area (Å²) >= 11 is 0. The fraction of sp³-hybridized carbons (Fsp3) is 0.273. The average molecular weight is 379 g/mol. The smallest absolute Gasteiger partial charge is 0.260 e. The van der Waals surface area contributed by atoms with Gasteiger partial charge in [-0.2, -0.15) is 0 Å². The van der Waals surface area contributed by atoms with Crippen molar-refractivity contribution >= 4 is 16.8 Å². The fourth-order valence-corrected chi connectivity index (χ4v) is 3.46. The molecular weight excluding hydrogens is 357 g/mol. The van der Waals surface area contributed by atoms with Crippen LogP contribution in [0.15, 0.2) is 60.8 Å². The molecule has 1 aromatic heterocycles. The first-order valence-electron chi connectivity index (χ1n) is 9.40. The number of fused-ring (bicyclic) bond motifs is 1. The third-order valence-electron chi connectivity index (χ3n) is 5.01. The molecule has 1 aliphatic heterocycles. The molecule has 28 heavy (non-hydrogen) atoms. The van der Waals surface area contributed by atoms with Crippen LogP contribution >= 0.6 is 0 Å². The van der Waals surface area contributed by atoms with Gasteiger partial charge in [0.25, 0.3) is 5.91 Å². The highest BCUT2D eigenvalue weighted by Gasteiger charge is 2.22. The van der Waals surface area contributed by atoms with Crippen molar-refractivity contribution in [3.05, 3.63) is 72.2 Å². The standard InChI is InChI=1S/C22H22FN3O2/c23-19-6-8-20(9-7-19)28-16-21(27)26-13-11-25(12-14-26)15-18-4-1-3-17-5-2-10-24-22(17)18/h1-10H,11-16H2. The van der Waals surface area contributed by atoms with E-state index in [-0.39, 0.29) is 18.3 Å². The number of ether oxygens (including phenoxy) is 1. The van der Waals surface area contributed by atoms with Crippen LogP contribution in [-0.4, -0.2) is 53.5 Å². The Kier molecular flexibility index (Phi) is 5.48. The second-order valence-corrected chi connectivity index (χ2v) is 6.89. The maximum Gasteiger partial charge on any atom is 0.260 e. The molecule has 0 spiro atoms. The molecule has 0 radical (unpaired) electrons. The lowest BCUT2D eigenvalue weighted by molar-refractivity contribution is -0.135. The molecule has 0 unspecified atom stereocenters. The number of halogens is 1. The Balaban J connectivity index is 1.29. The molecule has 1 fully saturated rings. The summed E-state index contributed by atoms with van der Waals surface area (Å²) in [6, 6.07) is 16.0. The highest BCUT2D eigenvalue weighted by molar-refractivity contribution is 5.81. The zero-order chi connectivity index (χ0) is 19.3. The molecule has 0 N–H and O–H groups in total. The summed E-state index contributed by atoms with van der Waals surface area (Å²) in [5.74, 6) is 0.129. The highest BCUT2D eigenvalue weighted by atomic mass is 19.1. The van der Waals surface area contributed by atoms with E-state index in [0.717, 1.165) is 30.5 Å². The van der Waals surface area contributed by atoms with Gasteiger partial charge >= 0.3 is 0 Å². The average Bonchev–Trinajstić information content (AvgIpc) is 2.74. The molecule has 0 saturated carbocycles. The van der Waals surface area contributed by atoms with E-state index in [2.05, 4.69) is 34.1 Å². The van der Waals surface area contributed by atoms with Gasteiger partial charge in [-0.25, -0.2) is 4.39 Å². The number of amides is 1. The molecule has 0 atom stereocenters. The maximum atomic E-state index is 12.9. The van der Waals surface area contributed by atoms with Gasteiger partial charge in [-0.1, -0.05) is 24.3 Å². The van der Waals surface area contributed by atoms with Crippen molar-refractivity contribution < 1.29 is 13.9 Å². The van der Waals surface area contributed by atoms with E-state index in [0.29, 0.717) is 18.8 Å². The SMILES string of the molecule is O=C(COc1ccc(F)cc1)N1CCN(Cc2cccc3cccnc23)CC1. The molecule has 2 heterocycles. The van der Waals surface area contributed by atoms with Crippen molar-refractivity contribution in [2.45, 2.75) is 6.54 Å². The Hall–Kier alpha value is -2.99. The normalized spacial score (nSPS) is 15.0. The summed E-state index contributed by atoms with van der Waals surface area (Å²) in [7, 11) is 0. The number of pyridine rings is 1. The third kappa shape index (κ3) is 4.28. The van der Waals surface area contributed by atoms with Crippen LogP contribution in [0.4, 0.5) is 4.39 Å². The minimum absolute atomic E-state index is 0.0289. The summed E-state index contributed by atoms with van der Waals surface area (Å²) in [6.45, 7) is 3.76. The van der Waals surface area contributed by atoms with Gasteiger partial charge in [0.2, 0.25) is 0 Å². The van der Waals surface area contributed by atoms with E-state index < -0.39 is 0 Å². The molecule has 0 aliphatic carbocycles. The van der Waals surface area contributed by atoms with E-state index in [1.54, 1.807) is 0 Å². The van der Waals surface area contributed by atoms with Crippen LogP contribution in [0.2, 0.25) is 0 Å². The lowest BCUT2D eigenvalue weighted by atomic mass is 10.1. The lowest BCUT2D eigenvalue weighted by Crippen LogP contribution is -2.49. The highest BCUT2D eigenvalue weighted by Crippen LogP contribution is 2.18. The minimum atomic E-state index is -0.323. The summed E-state index contributed by atoms with van der Waals surface area (Å²) < 4.78 is 18.4. The second-order valence-electron chi connectivity index (χ2n) is 6.89. The van der Waals surface area contributed by atoms with Gasteiger partial charge in [-0.15, -0.1) is 0 Å². The molecule has 1 aliphatic rings. The largest absolute Gasteiger partial charge is 0.484 e. The minimum Gasteiger partial charge on any atom is -0.484 e. The third-order valence-corrected chi connectivity index (χ3v) is 5.01. The number of piperazine rings is 1.